The van der Waals surface area contributed by atoms with E-state index in [0.29, 0.717) is 31.1 Å². The Morgan fingerprint density at radius 1 is 1.17 bits per heavy atom. The zero-order chi connectivity index (χ0) is 20.5. The van der Waals surface area contributed by atoms with Crippen molar-refractivity contribution in [2.75, 3.05) is 20.3 Å². The zero-order valence-electron chi connectivity index (χ0n) is 16.7. The molecule has 1 aromatic heterocycles. The summed E-state index contributed by atoms with van der Waals surface area (Å²) in [6.45, 7) is 3.03. The Morgan fingerprint density at radius 2 is 2.00 bits per heavy atom. The predicted octanol–water partition coefficient (Wildman–Crippen LogP) is 3.65. The number of hydrogen-bond donors (Lipinski definition) is 1. The van der Waals surface area contributed by atoms with Crippen molar-refractivity contribution in [2.45, 2.75) is 13.3 Å². The van der Waals surface area contributed by atoms with E-state index < -0.39 is 0 Å². The van der Waals surface area contributed by atoms with Crippen LogP contribution in [-0.4, -0.2) is 35.9 Å². The standard InChI is InChI=1S/C23H25N3O3/c1-3-29-21-11-9-18(15-22(21)28-2)10-12-23(27)24-14-13-19-16-25-26(17-19)20-7-5-4-6-8-20/h4-12,15-17H,3,13-14H2,1-2H3,(H,24,27)/b12-10+. The zero-order valence-corrected chi connectivity index (χ0v) is 16.7. The molecule has 6 heteroatoms. The molecule has 0 spiro atoms. The van der Waals surface area contributed by atoms with Gasteiger partial charge in [0.25, 0.3) is 0 Å². The van der Waals surface area contributed by atoms with Gasteiger partial charge in [0.05, 0.1) is 25.6 Å². The third-order valence-corrected chi connectivity index (χ3v) is 4.28. The largest absolute Gasteiger partial charge is 0.493 e. The van der Waals surface area contributed by atoms with Gasteiger partial charge in [-0.15, -0.1) is 0 Å². The Labute approximate surface area is 170 Å². The molecule has 0 bridgehead atoms. The SMILES string of the molecule is CCOc1ccc(/C=C/C(=O)NCCc2cnn(-c3ccccc3)c2)cc1OC. The summed E-state index contributed by atoms with van der Waals surface area (Å²) < 4.78 is 12.7. The topological polar surface area (TPSA) is 65.4 Å². The van der Waals surface area contributed by atoms with Crippen molar-refractivity contribution in [1.29, 1.82) is 0 Å². The van der Waals surface area contributed by atoms with Crippen molar-refractivity contribution in [1.82, 2.24) is 15.1 Å². The Hall–Kier alpha value is -3.54. The van der Waals surface area contributed by atoms with Crippen LogP contribution in [0.2, 0.25) is 0 Å². The molecular weight excluding hydrogens is 366 g/mol. The van der Waals surface area contributed by atoms with Gasteiger partial charge in [0.2, 0.25) is 5.91 Å². The van der Waals surface area contributed by atoms with Crippen molar-refractivity contribution < 1.29 is 14.3 Å². The molecule has 0 atom stereocenters. The number of carbonyl (C=O) groups is 1. The third kappa shape index (κ3) is 5.72. The monoisotopic (exact) mass is 391 g/mol. The highest BCUT2D eigenvalue weighted by Gasteiger charge is 2.05. The van der Waals surface area contributed by atoms with Crippen LogP contribution in [0.4, 0.5) is 0 Å². The van der Waals surface area contributed by atoms with Crippen molar-refractivity contribution in [3.8, 4) is 17.2 Å². The number of aromatic nitrogens is 2. The lowest BCUT2D eigenvalue weighted by Gasteiger charge is -2.09. The number of rotatable bonds is 9. The van der Waals surface area contributed by atoms with Gasteiger partial charge in [0, 0.05) is 18.8 Å². The van der Waals surface area contributed by atoms with E-state index in [9.17, 15) is 4.79 Å². The maximum absolute atomic E-state index is 12.1. The smallest absolute Gasteiger partial charge is 0.244 e. The van der Waals surface area contributed by atoms with E-state index in [0.717, 1.165) is 16.8 Å². The molecule has 0 saturated carbocycles. The summed E-state index contributed by atoms with van der Waals surface area (Å²) in [7, 11) is 1.60. The Bertz CT molecular complexity index is 965. The number of amides is 1. The predicted molar refractivity (Wildman–Crippen MR) is 113 cm³/mol. The summed E-state index contributed by atoms with van der Waals surface area (Å²) in [5.74, 6) is 1.19. The van der Waals surface area contributed by atoms with Crippen molar-refractivity contribution >= 4 is 12.0 Å². The number of para-hydroxylation sites is 1. The molecule has 0 aliphatic rings. The van der Waals surface area contributed by atoms with E-state index >= 15 is 0 Å². The second-order valence-electron chi connectivity index (χ2n) is 6.35. The number of methoxy groups -OCH3 is 1. The van der Waals surface area contributed by atoms with Crippen LogP contribution in [-0.2, 0) is 11.2 Å². The first-order valence-corrected chi connectivity index (χ1v) is 9.55. The number of ether oxygens (including phenoxy) is 2. The van der Waals surface area contributed by atoms with Gasteiger partial charge in [-0.05, 0) is 54.8 Å². The Morgan fingerprint density at radius 3 is 2.76 bits per heavy atom. The molecule has 0 aliphatic heterocycles. The maximum Gasteiger partial charge on any atom is 0.244 e. The minimum absolute atomic E-state index is 0.145. The van der Waals surface area contributed by atoms with E-state index in [1.54, 1.807) is 13.2 Å². The molecule has 0 aliphatic carbocycles. The van der Waals surface area contributed by atoms with Gasteiger partial charge in [-0.3, -0.25) is 4.79 Å². The second-order valence-corrected chi connectivity index (χ2v) is 6.35. The van der Waals surface area contributed by atoms with Gasteiger partial charge in [0.15, 0.2) is 11.5 Å². The minimum Gasteiger partial charge on any atom is -0.493 e. The van der Waals surface area contributed by atoms with E-state index in [4.69, 9.17) is 9.47 Å². The van der Waals surface area contributed by atoms with Crippen LogP contribution in [0.25, 0.3) is 11.8 Å². The van der Waals surface area contributed by atoms with Gasteiger partial charge in [-0.2, -0.15) is 5.10 Å². The molecule has 0 saturated heterocycles. The lowest BCUT2D eigenvalue weighted by Crippen LogP contribution is -2.23. The van der Waals surface area contributed by atoms with Gasteiger partial charge in [-0.25, -0.2) is 4.68 Å². The fourth-order valence-electron chi connectivity index (χ4n) is 2.83. The number of hydrogen-bond acceptors (Lipinski definition) is 4. The van der Waals surface area contributed by atoms with Crippen LogP contribution < -0.4 is 14.8 Å². The Kier molecular flexibility index (Phi) is 7.05. The minimum atomic E-state index is -0.145. The first-order valence-electron chi connectivity index (χ1n) is 9.55. The lowest BCUT2D eigenvalue weighted by molar-refractivity contribution is -0.116. The van der Waals surface area contributed by atoms with Crippen molar-refractivity contribution in [3.05, 3.63) is 78.1 Å². The molecule has 3 rings (SSSR count). The molecule has 29 heavy (non-hydrogen) atoms. The van der Waals surface area contributed by atoms with Gasteiger partial charge in [-0.1, -0.05) is 24.3 Å². The highest BCUT2D eigenvalue weighted by atomic mass is 16.5. The molecule has 150 valence electrons. The van der Waals surface area contributed by atoms with Gasteiger partial charge >= 0.3 is 0 Å². The molecule has 6 nitrogen and oxygen atoms in total. The van der Waals surface area contributed by atoms with Crippen LogP contribution in [0.15, 0.2) is 67.0 Å². The molecule has 3 aromatic rings. The summed E-state index contributed by atoms with van der Waals surface area (Å²) >= 11 is 0. The number of nitrogens with zero attached hydrogens (tertiary/aromatic N) is 2. The van der Waals surface area contributed by atoms with Crippen LogP contribution in [0.5, 0.6) is 11.5 Å². The molecule has 2 aromatic carbocycles. The summed E-state index contributed by atoms with van der Waals surface area (Å²) in [4.78, 5) is 12.1. The number of benzene rings is 2. The fourth-order valence-corrected chi connectivity index (χ4v) is 2.83. The highest BCUT2D eigenvalue weighted by Crippen LogP contribution is 2.28. The molecule has 0 fully saturated rings. The summed E-state index contributed by atoms with van der Waals surface area (Å²) in [6.07, 6.45) is 7.78. The normalized spacial score (nSPS) is 10.8. The highest BCUT2D eigenvalue weighted by molar-refractivity contribution is 5.91. The average molecular weight is 391 g/mol. The van der Waals surface area contributed by atoms with E-state index in [-0.39, 0.29) is 5.91 Å². The molecule has 1 N–H and O–H groups in total. The molecule has 1 amide bonds. The molecule has 1 heterocycles. The van der Waals surface area contributed by atoms with Gasteiger partial charge < -0.3 is 14.8 Å². The first kappa shape index (κ1) is 20.2. The molecular formula is C23H25N3O3. The van der Waals surface area contributed by atoms with Gasteiger partial charge in [0.1, 0.15) is 0 Å². The number of carbonyl (C=O) groups excluding carboxylic acids is 1. The van der Waals surface area contributed by atoms with Crippen LogP contribution in [0, 0.1) is 0 Å². The summed E-state index contributed by atoms with van der Waals surface area (Å²) in [5.41, 5.74) is 2.94. The quantitative estimate of drug-likeness (QED) is 0.566. The van der Waals surface area contributed by atoms with Crippen LogP contribution in [0.3, 0.4) is 0 Å². The van der Waals surface area contributed by atoms with Crippen molar-refractivity contribution in [2.24, 2.45) is 0 Å². The van der Waals surface area contributed by atoms with Crippen molar-refractivity contribution in [3.63, 3.8) is 0 Å². The maximum atomic E-state index is 12.1. The number of nitrogens with one attached hydrogen (secondary N) is 1. The lowest BCUT2D eigenvalue weighted by atomic mass is 10.2. The first-order chi connectivity index (χ1) is 14.2. The van der Waals surface area contributed by atoms with E-state index in [2.05, 4.69) is 10.4 Å². The molecule has 0 unspecified atom stereocenters. The second kappa shape index (κ2) is 10.1. The molecule has 0 radical (unpaired) electrons. The third-order valence-electron chi connectivity index (χ3n) is 4.28. The Balaban J connectivity index is 1.49. The average Bonchev–Trinajstić information content (AvgIpc) is 3.23. The van der Waals surface area contributed by atoms with Crippen LogP contribution >= 0.6 is 0 Å². The summed E-state index contributed by atoms with van der Waals surface area (Å²) in [5, 5.41) is 7.26. The van der Waals surface area contributed by atoms with E-state index in [1.807, 2.05) is 72.5 Å². The van der Waals surface area contributed by atoms with Crippen LogP contribution in [0.1, 0.15) is 18.1 Å². The fraction of sp³-hybridized carbons (Fsp3) is 0.217. The van der Waals surface area contributed by atoms with E-state index in [1.165, 1.54) is 6.08 Å². The summed E-state index contributed by atoms with van der Waals surface area (Å²) in [6, 6.07) is 15.5.